The Morgan fingerprint density at radius 1 is 0.559 bits per heavy atom. The Hall–Kier alpha value is -1.78. The molecule has 0 saturated heterocycles. The molecule has 182 valence electrons. The Bertz CT molecular complexity index is 936. The molecule has 2 aliphatic rings. The molecule has 34 heavy (non-hydrogen) atoms. The van der Waals surface area contributed by atoms with Crippen LogP contribution in [0.25, 0.3) is 11.4 Å². The minimum Gasteiger partial charge on any atom is -0.251 e. The lowest BCUT2D eigenvalue weighted by molar-refractivity contribution is 0.615. The third kappa shape index (κ3) is 6.26. The number of hydrogen-bond acceptors (Lipinski definition) is 4. The van der Waals surface area contributed by atoms with Crippen LogP contribution in [-0.2, 0) is 0 Å². The van der Waals surface area contributed by atoms with Crippen LogP contribution >= 0.6 is 22.7 Å². The topological polar surface area (TPSA) is 24.7 Å². The number of nitrogens with zero attached hydrogens (tertiary/aromatic N) is 2. The summed E-state index contributed by atoms with van der Waals surface area (Å²) in [5.74, 6) is 0. The van der Waals surface area contributed by atoms with E-state index in [-0.39, 0.29) is 0 Å². The maximum Gasteiger partial charge on any atom is 0.0903 e. The summed E-state index contributed by atoms with van der Waals surface area (Å²) in [6, 6.07) is 8.76. The standard InChI is InChI=1S/C30H40N2S2/c1-3-5-7-9-11-13-17-23-27-28(30(31-23)26-20-16-22-34-26)24(18-14-12-10-8-6-4-2)32-29(27)25-19-15-21-33-25/h15-16,19-22H,3-14,17-18H2,1-2H3. The Morgan fingerprint density at radius 3 is 1.35 bits per heavy atom. The van der Waals surface area contributed by atoms with E-state index in [2.05, 4.69) is 48.9 Å². The summed E-state index contributed by atoms with van der Waals surface area (Å²) in [6.07, 6.45) is 17.9. The highest BCUT2D eigenvalue weighted by Crippen LogP contribution is 2.46. The monoisotopic (exact) mass is 492 g/mol. The van der Waals surface area contributed by atoms with E-state index in [1.807, 2.05) is 0 Å². The number of thiophene rings is 2. The van der Waals surface area contributed by atoms with Gasteiger partial charge in [0.1, 0.15) is 0 Å². The summed E-state index contributed by atoms with van der Waals surface area (Å²) in [5, 5.41) is 4.35. The molecule has 4 rings (SSSR count). The van der Waals surface area contributed by atoms with E-state index < -0.39 is 0 Å². The van der Waals surface area contributed by atoms with Gasteiger partial charge in [0.2, 0.25) is 0 Å². The van der Waals surface area contributed by atoms with Gasteiger partial charge in [-0.1, -0.05) is 90.2 Å². The van der Waals surface area contributed by atoms with E-state index >= 15 is 0 Å². The fourth-order valence-electron chi connectivity index (χ4n) is 4.98. The van der Waals surface area contributed by atoms with Crippen molar-refractivity contribution in [3.8, 4) is 0 Å². The quantitative estimate of drug-likeness (QED) is 0.208. The van der Waals surface area contributed by atoms with Crippen LogP contribution in [0, 0.1) is 0 Å². The van der Waals surface area contributed by atoms with Crippen molar-refractivity contribution in [2.75, 3.05) is 0 Å². The number of rotatable bonds is 16. The molecule has 0 saturated carbocycles. The number of fused-ring (bicyclic) bond motifs is 1. The van der Waals surface area contributed by atoms with Gasteiger partial charge in [-0.3, -0.25) is 9.98 Å². The molecule has 0 unspecified atom stereocenters. The van der Waals surface area contributed by atoms with Crippen LogP contribution in [0.2, 0.25) is 0 Å². The van der Waals surface area contributed by atoms with E-state index in [4.69, 9.17) is 9.98 Å². The number of hydrogen-bond donors (Lipinski definition) is 0. The zero-order valence-electron chi connectivity index (χ0n) is 21.1. The maximum atomic E-state index is 5.30. The first-order valence-corrected chi connectivity index (χ1v) is 15.3. The van der Waals surface area contributed by atoms with Crippen molar-refractivity contribution in [3.63, 3.8) is 0 Å². The van der Waals surface area contributed by atoms with E-state index in [9.17, 15) is 0 Å². The molecule has 0 amide bonds. The van der Waals surface area contributed by atoms with E-state index in [1.54, 1.807) is 22.7 Å². The highest BCUT2D eigenvalue weighted by atomic mass is 32.1. The second-order valence-corrected chi connectivity index (χ2v) is 11.4. The molecule has 0 spiro atoms. The molecule has 0 fully saturated rings. The predicted octanol–water partition coefficient (Wildman–Crippen LogP) is 10.3. The van der Waals surface area contributed by atoms with Gasteiger partial charge in [-0.15, -0.1) is 22.7 Å². The molecule has 0 bridgehead atoms. The first-order valence-electron chi connectivity index (χ1n) is 13.6. The van der Waals surface area contributed by atoms with Gasteiger partial charge in [0.05, 0.1) is 32.6 Å². The van der Waals surface area contributed by atoms with Gasteiger partial charge in [0.15, 0.2) is 0 Å². The predicted molar refractivity (Wildman–Crippen MR) is 153 cm³/mol. The van der Waals surface area contributed by atoms with Crippen molar-refractivity contribution < 1.29 is 0 Å². The number of aliphatic imine (C=N–C) groups is 2. The largest absolute Gasteiger partial charge is 0.251 e. The van der Waals surface area contributed by atoms with E-state index in [0.717, 1.165) is 12.8 Å². The van der Waals surface area contributed by atoms with E-state index in [0.29, 0.717) is 0 Å². The van der Waals surface area contributed by atoms with Crippen LogP contribution in [-0.4, -0.2) is 11.4 Å². The van der Waals surface area contributed by atoms with Gasteiger partial charge < -0.3 is 0 Å². The summed E-state index contributed by atoms with van der Waals surface area (Å²) in [5.41, 5.74) is 7.61. The minimum absolute atomic E-state index is 1.06. The molecular weight excluding hydrogens is 452 g/mol. The molecule has 2 nitrogen and oxygen atoms in total. The van der Waals surface area contributed by atoms with Gasteiger partial charge in [-0.05, 0) is 48.6 Å². The van der Waals surface area contributed by atoms with Crippen molar-refractivity contribution >= 4 is 45.5 Å². The van der Waals surface area contributed by atoms with Crippen molar-refractivity contribution in [2.45, 2.75) is 104 Å². The van der Waals surface area contributed by atoms with Crippen molar-refractivity contribution in [1.29, 1.82) is 0 Å². The van der Waals surface area contributed by atoms with Gasteiger partial charge in [0, 0.05) is 11.1 Å². The van der Waals surface area contributed by atoms with Crippen LogP contribution in [0.1, 0.15) is 113 Å². The molecule has 2 aliphatic heterocycles. The van der Waals surface area contributed by atoms with Gasteiger partial charge in [-0.2, -0.15) is 0 Å². The van der Waals surface area contributed by atoms with Gasteiger partial charge in [0.25, 0.3) is 0 Å². The molecule has 0 N–H and O–H groups in total. The Labute approximate surface area is 214 Å². The molecular formula is C30H40N2S2. The molecule has 0 atom stereocenters. The normalized spacial score (nSPS) is 15.4. The Balaban J connectivity index is 1.55. The molecule has 2 aromatic rings. The smallest absolute Gasteiger partial charge is 0.0903 e. The fourth-order valence-corrected chi connectivity index (χ4v) is 6.42. The summed E-state index contributed by atoms with van der Waals surface area (Å²) in [6.45, 7) is 4.57. The molecule has 0 aliphatic carbocycles. The minimum atomic E-state index is 1.06. The third-order valence-electron chi connectivity index (χ3n) is 6.84. The number of unbranched alkanes of at least 4 members (excludes halogenated alkanes) is 10. The molecule has 0 radical (unpaired) electrons. The first-order chi connectivity index (χ1) is 16.8. The lowest BCUT2D eigenvalue weighted by Gasteiger charge is -2.07. The average molecular weight is 493 g/mol. The van der Waals surface area contributed by atoms with Crippen LogP contribution in [0.15, 0.2) is 56.2 Å². The second kappa shape index (κ2) is 13.3. The van der Waals surface area contributed by atoms with Crippen molar-refractivity contribution in [2.24, 2.45) is 9.98 Å². The zero-order chi connectivity index (χ0) is 23.6. The molecule has 2 aromatic heterocycles. The van der Waals surface area contributed by atoms with Gasteiger partial charge >= 0.3 is 0 Å². The lowest BCUT2D eigenvalue weighted by Crippen LogP contribution is -2.05. The molecule has 4 heteroatoms. The Morgan fingerprint density at radius 2 is 0.971 bits per heavy atom. The Kier molecular flexibility index (Phi) is 9.94. The van der Waals surface area contributed by atoms with Crippen LogP contribution < -0.4 is 0 Å². The van der Waals surface area contributed by atoms with Crippen LogP contribution in [0.5, 0.6) is 0 Å². The van der Waals surface area contributed by atoms with E-state index in [1.165, 1.54) is 121 Å². The summed E-state index contributed by atoms with van der Waals surface area (Å²) in [7, 11) is 0. The zero-order valence-corrected chi connectivity index (χ0v) is 22.7. The second-order valence-electron chi connectivity index (χ2n) is 9.55. The SMILES string of the molecule is CCCCCCCCC1=NC(c2cccs2)=C2C(CCCCCCCC)=NC(c3cccs3)=C12. The highest BCUT2D eigenvalue weighted by molar-refractivity contribution is 7.11. The summed E-state index contributed by atoms with van der Waals surface area (Å²) < 4.78 is 0. The highest BCUT2D eigenvalue weighted by Gasteiger charge is 2.35. The first kappa shape index (κ1) is 25.3. The summed E-state index contributed by atoms with van der Waals surface area (Å²) in [4.78, 5) is 13.2. The summed E-state index contributed by atoms with van der Waals surface area (Å²) >= 11 is 3.61. The lowest BCUT2D eigenvalue weighted by atomic mass is 9.93. The van der Waals surface area contributed by atoms with Crippen molar-refractivity contribution in [1.82, 2.24) is 0 Å². The fraction of sp³-hybridized carbons (Fsp3) is 0.533. The van der Waals surface area contributed by atoms with Crippen molar-refractivity contribution in [3.05, 3.63) is 55.9 Å². The number of allylic oxidation sites excluding steroid dienone is 2. The molecule has 4 heterocycles. The third-order valence-corrected chi connectivity index (χ3v) is 8.59. The van der Waals surface area contributed by atoms with Gasteiger partial charge in [-0.25, -0.2) is 0 Å². The maximum absolute atomic E-state index is 5.30. The average Bonchev–Trinajstić information content (AvgIpc) is 3.64. The molecule has 0 aromatic carbocycles. The van der Waals surface area contributed by atoms with Crippen LogP contribution in [0.4, 0.5) is 0 Å². The van der Waals surface area contributed by atoms with Crippen LogP contribution in [0.3, 0.4) is 0 Å².